The SMILES string of the molecule is C[C@H](NC(=O)[C@@H]1CC[C@@](C)(C(=O)O)C1(C)C)c1ccccc1. The molecule has 1 amide bonds. The fourth-order valence-electron chi connectivity index (χ4n) is 3.48. The van der Waals surface area contributed by atoms with E-state index in [1.165, 1.54) is 0 Å². The maximum absolute atomic E-state index is 12.7. The molecule has 0 unspecified atom stereocenters. The maximum Gasteiger partial charge on any atom is 0.309 e. The molecule has 0 radical (unpaired) electrons. The Morgan fingerprint density at radius 2 is 1.82 bits per heavy atom. The van der Waals surface area contributed by atoms with Gasteiger partial charge in [0.2, 0.25) is 5.91 Å². The molecule has 0 saturated heterocycles. The first kappa shape index (κ1) is 16.5. The molecule has 0 spiro atoms. The van der Waals surface area contributed by atoms with Crippen LogP contribution in [-0.4, -0.2) is 17.0 Å². The monoisotopic (exact) mass is 303 g/mol. The van der Waals surface area contributed by atoms with Crippen LogP contribution >= 0.6 is 0 Å². The van der Waals surface area contributed by atoms with Crippen LogP contribution in [0, 0.1) is 16.7 Å². The zero-order chi connectivity index (χ0) is 16.5. The van der Waals surface area contributed by atoms with Gasteiger partial charge in [-0.3, -0.25) is 9.59 Å². The van der Waals surface area contributed by atoms with E-state index in [-0.39, 0.29) is 17.9 Å². The number of carbonyl (C=O) groups excluding carboxylic acids is 1. The highest BCUT2D eigenvalue weighted by Gasteiger charge is 2.58. The number of carbonyl (C=O) groups is 2. The Kier molecular flexibility index (Phi) is 4.32. The minimum Gasteiger partial charge on any atom is -0.481 e. The molecule has 22 heavy (non-hydrogen) atoms. The molecule has 1 aliphatic carbocycles. The van der Waals surface area contributed by atoms with Crippen LogP contribution in [0.25, 0.3) is 0 Å². The topological polar surface area (TPSA) is 66.4 Å². The summed E-state index contributed by atoms with van der Waals surface area (Å²) < 4.78 is 0. The molecule has 4 heteroatoms. The quantitative estimate of drug-likeness (QED) is 0.896. The van der Waals surface area contributed by atoms with Gasteiger partial charge in [-0.25, -0.2) is 0 Å². The van der Waals surface area contributed by atoms with Gasteiger partial charge < -0.3 is 10.4 Å². The van der Waals surface area contributed by atoms with Crippen LogP contribution in [0.4, 0.5) is 0 Å². The van der Waals surface area contributed by atoms with Crippen LogP contribution < -0.4 is 5.32 Å². The summed E-state index contributed by atoms with van der Waals surface area (Å²) in [6, 6.07) is 9.70. The molecule has 1 aliphatic rings. The molecule has 0 heterocycles. The van der Waals surface area contributed by atoms with Crippen LogP contribution in [0.2, 0.25) is 0 Å². The van der Waals surface area contributed by atoms with Crippen LogP contribution in [0.1, 0.15) is 52.1 Å². The summed E-state index contributed by atoms with van der Waals surface area (Å²) in [5.74, 6) is -1.14. The number of amides is 1. The van der Waals surface area contributed by atoms with Gasteiger partial charge >= 0.3 is 5.97 Å². The number of rotatable bonds is 4. The molecule has 0 bridgehead atoms. The minimum absolute atomic E-state index is 0.0497. The van der Waals surface area contributed by atoms with Gasteiger partial charge in [0.15, 0.2) is 0 Å². The third kappa shape index (κ3) is 2.62. The van der Waals surface area contributed by atoms with E-state index >= 15 is 0 Å². The Bertz CT molecular complexity index is 567. The molecule has 0 aliphatic heterocycles. The number of benzene rings is 1. The standard InChI is InChI=1S/C18H25NO3/c1-12(13-8-6-5-7-9-13)19-15(20)14-10-11-18(4,16(21)22)17(14,2)3/h5-9,12,14H,10-11H2,1-4H3,(H,19,20)(H,21,22)/t12-,14-,18-/m0/s1. The predicted octanol–water partition coefficient (Wildman–Crippen LogP) is 3.39. The normalized spacial score (nSPS) is 28.1. The number of hydrogen-bond donors (Lipinski definition) is 2. The predicted molar refractivity (Wildman–Crippen MR) is 85.2 cm³/mol. The molecule has 0 aromatic heterocycles. The van der Waals surface area contributed by atoms with Crippen molar-refractivity contribution in [2.45, 2.75) is 46.6 Å². The molecular weight excluding hydrogens is 278 g/mol. The number of nitrogens with one attached hydrogen (secondary N) is 1. The fraction of sp³-hybridized carbons (Fsp3) is 0.556. The van der Waals surface area contributed by atoms with Gasteiger partial charge in [0.1, 0.15) is 0 Å². The Morgan fingerprint density at radius 3 is 2.32 bits per heavy atom. The summed E-state index contributed by atoms with van der Waals surface area (Å²) in [5, 5.41) is 12.6. The molecule has 1 aromatic carbocycles. The molecule has 2 N–H and O–H groups in total. The summed E-state index contributed by atoms with van der Waals surface area (Å²) in [6.45, 7) is 7.49. The molecule has 120 valence electrons. The molecule has 2 rings (SSSR count). The van der Waals surface area contributed by atoms with Crippen molar-refractivity contribution >= 4 is 11.9 Å². The van der Waals surface area contributed by atoms with Crippen molar-refractivity contribution in [2.75, 3.05) is 0 Å². The molecule has 4 nitrogen and oxygen atoms in total. The van der Waals surface area contributed by atoms with Crippen LogP contribution in [-0.2, 0) is 9.59 Å². The second-order valence-corrected chi connectivity index (χ2v) is 7.09. The molecule has 1 fully saturated rings. The minimum atomic E-state index is -0.856. The lowest BCUT2D eigenvalue weighted by molar-refractivity contribution is -0.155. The Labute approximate surface area is 131 Å². The number of carboxylic acids is 1. The van der Waals surface area contributed by atoms with Crippen molar-refractivity contribution in [3.8, 4) is 0 Å². The fourth-order valence-corrected chi connectivity index (χ4v) is 3.48. The molecule has 3 atom stereocenters. The lowest BCUT2D eigenvalue weighted by Gasteiger charge is -2.38. The average molecular weight is 303 g/mol. The molecular formula is C18H25NO3. The van der Waals surface area contributed by atoms with Crippen molar-refractivity contribution in [3.05, 3.63) is 35.9 Å². The first-order valence-electron chi connectivity index (χ1n) is 7.79. The Morgan fingerprint density at radius 1 is 1.23 bits per heavy atom. The van der Waals surface area contributed by atoms with Gasteiger partial charge in [-0.1, -0.05) is 44.2 Å². The van der Waals surface area contributed by atoms with E-state index < -0.39 is 16.8 Å². The van der Waals surface area contributed by atoms with Gasteiger partial charge in [0.05, 0.1) is 11.5 Å². The Hall–Kier alpha value is -1.84. The summed E-state index contributed by atoms with van der Waals surface area (Å²) >= 11 is 0. The highest BCUT2D eigenvalue weighted by atomic mass is 16.4. The number of hydrogen-bond acceptors (Lipinski definition) is 2. The Balaban J connectivity index is 2.13. The third-order valence-corrected chi connectivity index (χ3v) is 5.67. The largest absolute Gasteiger partial charge is 0.481 e. The van der Waals surface area contributed by atoms with E-state index in [1.54, 1.807) is 6.92 Å². The van der Waals surface area contributed by atoms with Gasteiger partial charge in [-0.05, 0) is 37.7 Å². The number of aliphatic carboxylic acids is 1. The smallest absolute Gasteiger partial charge is 0.309 e. The second-order valence-electron chi connectivity index (χ2n) is 7.09. The van der Waals surface area contributed by atoms with E-state index in [4.69, 9.17) is 0 Å². The first-order valence-corrected chi connectivity index (χ1v) is 7.79. The maximum atomic E-state index is 12.7. The summed E-state index contributed by atoms with van der Waals surface area (Å²) in [6.07, 6.45) is 1.15. The second kappa shape index (κ2) is 5.75. The van der Waals surface area contributed by atoms with E-state index in [9.17, 15) is 14.7 Å². The van der Waals surface area contributed by atoms with Gasteiger partial charge in [0, 0.05) is 5.92 Å². The first-order chi connectivity index (χ1) is 10.2. The number of carboxylic acid groups (broad SMARTS) is 1. The van der Waals surface area contributed by atoms with E-state index in [0.717, 1.165) is 5.56 Å². The van der Waals surface area contributed by atoms with Crippen molar-refractivity contribution in [1.82, 2.24) is 5.32 Å². The summed E-state index contributed by atoms with van der Waals surface area (Å²) in [7, 11) is 0. The lowest BCUT2D eigenvalue weighted by atomic mass is 9.65. The highest BCUT2D eigenvalue weighted by Crippen LogP contribution is 2.56. The summed E-state index contributed by atoms with van der Waals surface area (Å²) in [5.41, 5.74) is -0.378. The van der Waals surface area contributed by atoms with E-state index in [1.807, 2.05) is 51.1 Å². The van der Waals surface area contributed by atoms with E-state index in [0.29, 0.717) is 12.8 Å². The zero-order valence-electron chi connectivity index (χ0n) is 13.7. The third-order valence-electron chi connectivity index (χ3n) is 5.67. The highest BCUT2D eigenvalue weighted by molar-refractivity contribution is 5.84. The zero-order valence-corrected chi connectivity index (χ0v) is 13.7. The molecule has 1 aromatic rings. The van der Waals surface area contributed by atoms with Crippen molar-refractivity contribution in [2.24, 2.45) is 16.7 Å². The van der Waals surface area contributed by atoms with Crippen LogP contribution in [0.5, 0.6) is 0 Å². The average Bonchev–Trinajstić information content (AvgIpc) is 2.71. The molecule has 1 saturated carbocycles. The summed E-state index contributed by atoms with van der Waals surface area (Å²) in [4.78, 5) is 24.3. The van der Waals surface area contributed by atoms with Crippen LogP contribution in [0.15, 0.2) is 30.3 Å². The van der Waals surface area contributed by atoms with Crippen molar-refractivity contribution < 1.29 is 14.7 Å². The van der Waals surface area contributed by atoms with Gasteiger partial charge in [-0.15, -0.1) is 0 Å². The van der Waals surface area contributed by atoms with Gasteiger partial charge in [-0.2, -0.15) is 0 Å². The van der Waals surface area contributed by atoms with Crippen molar-refractivity contribution in [3.63, 3.8) is 0 Å². The van der Waals surface area contributed by atoms with E-state index in [2.05, 4.69) is 5.32 Å². The lowest BCUT2D eigenvalue weighted by Crippen LogP contribution is -2.45. The van der Waals surface area contributed by atoms with Crippen LogP contribution in [0.3, 0.4) is 0 Å². The van der Waals surface area contributed by atoms with Gasteiger partial charge in [0.25, 0.3) is 0 Å². The van der Waals surface area contributed by atoms with Crippen molar-refractivity contribution in [1.29, 1.82) is 0 Å².